The molecule has 108 valence electrons. The van der Waals surface area contributed by atoms with Gasteiger partial charge in [0.25, 0.3) is 10.0 Å². The summed E-state index contributed by atoms with van der Waals surface area (Å²) in [7, 11) is -1.91. The third-order valence-corrected chi connectivity index (χ3v) is 7.53. The van der Waals surface area contributed by atoms with Crippen molar-refractivity contribution in [1.82, 2.24) is 0 Å². The van der Waals surface area contributed by atoms with Crippen molar-refractivity contribution in [3.05, 3.63) is 45.2 Å². The van der Waals surface area contributed by atoms with Gasteiger partial charge in [0.05, 0.1) is 9.47 Å². The molecule has 20 heavy (non-hydrogen) atoms. The fourth-order valence-corrected chi connectivity index (χ4v) is 5.37. The Labute approximate surface area is 132 Å². The number of hydrogen-bond donors (Lipinski definition) is 0. The lowest BCUT2D eigenvalue weighted by Crippen LogP contribution is -2.25. The second kappa shape index (κ2) is 5.87. The Morgan fingerprint density at radius 3 is 2.30 bits per heavy atom. The van der Waals surface area contributed by atoms with Gasteiger partial charge < -0.3 is 0 Å². The summed E-state index contributed by atoms with van der Waals surface area (Å²) < 4.78 is 27.7. The molecule has 3 nitrogen and oxygen atoms in total. The fraction of sp³-hybridized carbons (Fsp3) is 0.286. The van der Waals surface area contributed by atoms with Crippen LogP contribution in [0.5, 0.6) is 0 Å². The van der Waals surface area contributed by atoms with Gasteiger partial charge in [0, 0.05) is 7.05 Å². The van der Waals surface area contributed by atoms with Crippen molar-refractivity contribution in [3.8, 4) is 0 Å². The molecule has 0 radical (unpaired) electrons. The lowest BCUT2D eigenvalue weighted by atomic mass is 10.1. The van der Waals surface area contributed by atoms with Crippen molar-refractivity contribution in [2.75, 3.05) is 11.4 Å². The summed E-state index contributed by atoms with van der Waals surface area (Å²) in [4.78, 5) is 0. The zero-order valence-electron chi connectivity index (χ0n) is 11.6. The summed E-state index contributed by atoms with van der Waals surface area (Å²) in [5.74, 6) is 0. The van der Waals surface area contributed by atoms with Crippen molar-refractivity contribution >= 4 is 43.0 Å². The van der Waals surface area contributed by atoms with Crippen molar-refractivity contribution in [3.63, 3.8) is 0 Å². The highest BCUT2D eigenvalue weighted by atomic mass is 79.9. The number of rotatable bonds is 4. The molecule has 0 atom stereocenters. The maximum atomic E-state index is 12.6. The summed E-state index contributed by atoms with van der Waals surface area (Å²) in [6, 6.07) is 9.28. The number of benzene rings is 1. The van der Waals surface area contributed by atoms with Crippen molar-refractivity contribution in [2.45, 2.75) is 24.5 Å². The number of thiophene rings is 1. The monoisotopic (exact) mass is 373 g/mol. The number of anilines is 1. The van der Waals surface area contributed by atoms with E-state index in [1.165, 1.54) is 21.2 Å². The van der Waals surface area contributed by atoms with Crippen LogP contribution in [-0.4, -0.2) is 15.5 Å². The van der Waals surface area contributed by atoms with Gasteiger partial charge in [-0.25, -0.2) is 8.42 Å². The van der Waals surface area contributed by atoms with E-state index in [0.29, 0.717) is 9.90 Å². The van der Waals surface area contributed by atoms with Gasteiger partial charge in [-0.1, -0.05) is 19.1 Å². The molecule has 0 aliphatic rings. The third kappa shape index (κ3) is 2.92. The maximum absolute atomic E-state index is 12.6. The van der Waals surface area contributed by atoms with Gasteiger partial charge in [-0.05, 0) is 58.6 Å². The smallest absolute Gasteiger partial charge is 0.269 e. The first-order chi connectivity index (χ1) is 9.36. The van der Waals surface area contributed by atoms with Crippen LogP contribution in [0.3, 0.4) is 0 Å². The van der Waals surface area contributed by atoms with Crippen molar-refractivity contribution in [1.29, 1.82) is 0 Å². The van der Waals surface area contributed by atoms with Crippen LogP contribution in [0.25, 0.3) is 0 Å². The van der Waals surface area contributed by atoms with Crippen LogP contribution in [0.15, 0.2) is 38.3 Å². The Kier molecular flexibility index (Phi) is 4.56. The van der Waals surface area contributed by atoms with E-state index in [1.54, 1.807) is 13.1 Å². The molecule has 0 amide bonds. The van der Waals surface area contributed by atoms with E-state index in [-0.39, 0.29) is 0 Å². The average Bonchev–Trinajstić information content (AvgIpc) is 2.78. The molecule has 0 unspecified atom stereocenters. The molecule has 2 rings (SSSR count). The highest BCUT2D eigenvalue weighted by Crippen LogP contribution is 2.33. The third-order valence-electron chi connectivity index (χ3n) is 3.16. The second-order valence-corrected chi connectivity index (χ2v) is 9.08. The van der Waals surface area contributed by atoms with Gasteiger partial charge in [-0.15, -0.1) is 11.3 Å². The van der Waals surface area contributed by atoms with E-state index >= 15 is 0 Å². The first kappa shape index (κ1) is 15.5. The molecule has 0 N–H and O–H groups in total. The van der Waals surface area contributed by atoms with Crippen LogP contribution in [0.4, 0.5) is 5.69 Å². The average molecular weight is 374 g/mol. The SMILES string of the molecule is CCc1ccc(N(C)S(=O)(=O)c2cc(C)c(Br)s2)cc1. The Balaban J connectivity index is 2.37. The molecular formula is C14H16BrNO2S2. The van der Waals surface area contributed by atoms with Crippen molar-refractivity contribution < 1.29 is 8.42 Å². The molecule has 0 saturated carbocycles. The van der Waals surface area contributed by atoms with E-state index in [2.05, 4.69) is 22.9 Å². The number of sulfonamides is 1. The van der Waals surface area contributed by atoms with Gasteiger partial charge in [0.1, 0.15) is 4.21 Å². The van der Waals surface area contributed by atoms with E-state index in [1.807, 2.05) is 31.2 Å². The van der Waals surface area contributed by atoms with Crippen LogP contribution in [-0.2, 0) is 16.4 Å². The number of nitrogens with zero attached hydrogens (tertiary/aromatic N) is 1. The topological polar surface area (TPSA) is 37.4 Å². The lowest BCUT2D eigenvalue weighted by Gasteiger charge is -2.18. The van der Waals surface area contributed by atoms with Crippen molar-refractivity contribution in [2.24, 2.45) is 0 Å². The molecule has 0 saturated heterocycles. The maximum Gasteiger partial charge on any atom is 0.273 e. The summed E-state index contributed by atoms with van der Waals surface area (Å²) in [5.41, 5.74) is 2.79. The van der Waals surface area contributed by atoms with Crippen LogP contribution in [0.1, 0.15) is 18.1 Å². The number of hydrogen-bond acceptors (Lipinski definition) is 3. The first-order valence-electron chi connectivity index (χ1n) is 6.20. The Morgan fingerprint density at radius 2 is 1.85 bits per heavy atom. The highest BCUT2D eigenvalue weighted by Gasteiger charge is 2.24. The Bertz CT molecular complexity index is 686. The van der Waals surface area contributed by atoms with E-state index in [4.69, 9.17) is 0 Å². The van der Waals surface area contributed by atoms with Crippen LogP contribution >= 0.6 is 27.3 Å². The van der Waals surface area contributed by atoms with E-state index < -0.39 is 10.0 Å². The first-order valence-corrected chi connectivity index (χ1v) is 9.25. The largest absolute Gasteiger partial charge is 0.273 e. The van der Waals surface area contributed by atoms with Crippen LogP contribution < -0.4 is 4.31 Å². The summed E-state index contributed by atoms with van der Waals surface area (Å²) in [5, 5.41) is 0. The highest BCUT2D eigenvalue weighted by molar-refractivity contribution is 9.11. The molecule has 6 heteroatoms. The summed E-state index contributed by atoms with van der Waals surface area (Å²) >= 11 is 4.61. The molecule has 0 fully saturated rings. The molecule has 1 heterocycles. The van der Waals surface area contributed by atoms with Gasteiger partial charge in [0.15, 0.2) is 0 Å². The molecule has 0 aliphatic heterocycles. The van der Waals surface area contributed by atoms with Crippen LogP contribution in [0, 0.1) is 6.92 Å². The molecular weight excluding hydrogens is 358 g/mol. The molecule has 1 aromatic heterocycles. The molecule has 0 aliphatic carbocycles. The predicted molar refractivity (Wildman–Crippen MR) is 88.2 cm³/mol. The molecule has 0 bridgehead atoms. The second-order valence-electron chi connectivity index (χ2n) is 4.51. The lowest BCUT2D eigenvalue weighted by molar-refractivity contribution is 0.596. The van der Waals surface area contributed by atoms with Gasteiger partial charge in [-0.3, -0.25) is 4.31 Å². The van der Waals surface area contributed by atoms with E-state index in [0.717, 1.165) is 15.8 Å². The number of halogens is 1. The minimum atomic E-state index is -3.49. The zero-order chi connectivity index (χ0) is 14.9. The van der Waals surface area contributed by atoms with Gasteiger partial charge in [-0.2, -0.15) is 0 Å². The Morgan fingerprint density at radius 1 is 1.25 bits per heavy atom. The van der Waals surface area contributed by atoms with E-state index in [9.17, 15) is 8.42 Å². The zero-order valence-corrected chi connectivity index (χ0v) is 14.8. The summed E-state index contributed by atoms with van der Waals surface area (Å²) in [6.45, 7) is 3.96. The van der Waals surface area contributed by atoms with Gasteiger partial charge >= 0.3 is 0 Å². The summed E-state index contributed by atoms with van der Waals surface area (Å²) in [6.07, 6.45) is 0.938. The van der Waals surface area contributed by atoms with Crippen LogP contribution in [0.2, 0.25) is 0 Å². The number of aryl methyl sites for hydroxylation is 2. The normalized spacial score (nSPS) is 11.6. The standard InChI is InChI=1S/C14H16BrNO2S2/c1-4-11-5-7-12(8-6-11)16(3)20(17,18)13-9-10(2)14(15)19-13/h5-9H,4H2,1-3H3. The molecule has 1 aromatic carbocycles. The quantitative estimate of drug-likeness (QED) is 0.804. The molecule has 2 aromatic rings. The Hall–Kier alpha value is -0.850. The minimum Gasteiger partial charge on any atom is -0.269 e. The predicted octanol–water partition coefficient (Wildman–Crippen LogP) is 4.21. The molecule has 0 spiro atoms. The fourth-order valence-electron chi connectivity index (χ4n) is 1.77. The minimum absolute atomic E-state index is 0.351. The van der Waals surface area contributed by atoms with Gasteiger partial charge in [0.2, 0.25) is 0 Å².